The second-order valence-corrected chi connectivity index (χ2v) is 5.04. The Labute approximate surface area is 108 Å². The van der Waals surface area contributed by atoms with Gasteiger partial charge in [0.25, 0.3) is 0 Å². The Kier molecular flexibility index (Phi) is 5.40. The summed E-state index contributed by atoms with van der Waals surface area (Å²) in [6.07, 6.45) is 1.67. The summed E-state index contributed by atoms with van der Waals surface area (Å²) >= 11 is 0. The summed E-state index contributed by atoms with van der Waals surface area (Å²) in [5.41, 5.74) is 5.61. The van der Waals surface area contributed by atoms with Crippen LogP contribution in [-0.4, -0.2) is 48.2 Å². The maximum Gasteiger partial charge on any atom is 0.233 e. The zero-order valence-electron chi connectivity index (χ0n) is 11.3. The molecule has 1 amide bonds. The van der Waals surface area contributed by atoms with E-state index in [1.54, 1.807) is 11.9 Å². The van der Waals surface area contributed by atoms with Gasteiger partial charge in [-0.25, -0.2) is 0 Å². The van der Waals surface area contributed by atoms with Crippen LogP contribution < -0.4 is 5.73 Å². The fraction of sp³-hybridized carbons (Fsp3) is 0.833. The molecule has 1 rings (SSSR count). The van der Waals surface area contributed by atoms with Crippen molar-refractivity contribution in [2.45, 2.75) is 32.7 Å². The molecule has 1 aliphatic rings. The van der Waals surface area contributed by atoms with Gasteiger partial charge in [-0.05, 0) is 18.8 Å². The molecule has 0 radical (unpaired) electrons. The third-order valence-electron chi connectivity index (χ3n) is 3.45. The minimum absolute atomic E-state index is 0.00399. The predicted octanol–water partition coefficient (Wildman–Crippen LogP) is 0.642. The summed E-state index contributed by atoms with van der Waals surface area (Å²) in [4.78, 5) is 14.1. The van der Waals surface area contributed by atoms with Crippen LogP contribution in [0, 0.1) is 11.8 Å². The highest BCUT2D eigenvalue weighted by Crippen LogP contribution is 2.19. The van der Waals surface area contributed by atoms with E-state index in [9.17, 15) is 4.79 Å². The second kappa shape index (κ2) is 6.58. The summed E-state index contributed by atoms with van der Waals surface area (Å²) in [6, 6.07) is 0.180. The normalized spacial score (nSPS) is 19.9. The molecular formula is C12H23N3O3. The van der Waals surface area contributed by atoms with Gasteiger partial charge in [0.2, 0.25) is 5.91 Å². The van der Waals surface area contributed by atoms with E-state index in [1.165, 1.54) is 0 Å². The topological polar surface area (TPSA) is 88.2 Å². The van der Waals surface area contributed by atoms with Crippen molar-refractivity contribution in [1.82, 2.24) is 4.90 Å². The van der Waals surface area contributed by atoms with Crippen LogP contribution in [0.5, 0.6) is 0 Å². The number of oxime groups is 1. The Morgan fingerprint density at radius 1 is 1.44 bits per heavy atom. The molecule has 1 atom stereocenters. The zero-order valence-corrected chi connectivity index (χ0v) is 11.3. The number of carbonyl (C=O) groups excluding carboxylic acids is 1. The number of ether oxygens (including phenoxy) is 1. The highest BCUT2D eigenvalue weighted by Gasteiger charge is 2.32. The number of nitrogens with two attached hydrogens (primary N) is 1. The highest BCUT2D eigenvalue weighted by atomic mass is 16.5. The largest absolute Gasteiger partial charge is 0.409 e. The molecule has 0 aromatic rings. The van der Waals surface area contributed by atoms with E-state index < -0.39 is 5.92 Å². The van der Waals surface area contributed by atoms with Gasteiger partial charge in [-0.15, -0.1) is 0 Å². The summed E-state index contributed by atoms with van der Waals surface area (Å²) in [5, 5.41) is 11.7. The van der Waals surface area contributed by atoms with E-state index in [-0.39, 0.29) is 23.7 Å². The summed E-state index contributed by atoms with van der Waals surface area (Å²) in [6.45, 7) is 5.13. The Hall–Kier alpha value is -1.30. The van der Waals surface area contributed by atoms with Crippen molar-refractivity contribution in [3.05, 3.63) is 0 Å². The average Bonchev–Trinajstić information content (AvgIpc) is 2.38. The van der Waals surface area contributed by atoms with Crippen molar-refractivity contribution in [3.8, 4) is 0 Å². The lowest BCUT2D eigenvalue weighted by molar-refractivity contribution is -0.137. The molecule has 6 heteroatoms. The van der Waals surface area contributed by atoms with Gasteiger partial charge in [-0.3, -0.25) is 4.79 Å². The zero-order chi connectivity index (χ0) is 13.7. The van der Waals surface area contributed by atoms with Crippen LogP contribution in [0.1, 0.15) is 26.7 Å². The Balaban J connectivity index is 2.75. The molecular weight excluding hydrogens is 234 g/mol. The van der Waals surface area contributed by atoms with Crippen molar-refractivity contribution in [3.63, 3.8) is 0 Å². The minimum Gasteiger partial charge on any atom is -0.409 e. The SMILES string of the molecule is CC(C)C(C(=O)N(C)C1CCOCC1)/C(N)=N\O. The quantitative estimate of drug-likeness (QED) is 0.335. The molecule has 0 bridgehead atoms. The van der Waals surface area contributed by atoms with Crippen LogP contribution in [0.2, 0.25) is 0 Å². The Bertz CT molecular complexity index is 312. The fourth-order valence-corrected chi connectivity index (χ4v) is 2.29. The van der Waals surface area contributed by atoms with E-state index in [2.05, 4.69) is 5.16 Å². The number of hydrogen-bond donors (Lipinski definition) is 2. The monoisotopic (exact) mass is 257 g/mol. The number of amides is 1. The number of amidine groups is 1. The molecule has 1 aliphatic heterocycles. The molecule has 1 fully saturated rings. The van der Waals surface area contributed by atoms with Gasteiger partial charge in [0, 0.05) is 26.3 Å². The van der Waals surface area contributed by atoms with E-state index >= 15 is 0 Å². The third-order valence-corrected chi connectivity index (χ3v) is 3.45. The first-order valence-electron chi connectivity index (χ1n) is 6.30. The van der Waals surface area contributed by atoms with E-state index in [1.807, 2.05) is 13.8 Å². The molecule has 0 spiro atoms. The van der Waals surface area contributed by atoms with E-state index in [0.717, 1.165) is 12.8 Å². The van der Waals surface area contributed by atoms with Crippen LogP contribution in [0.15, 0.2) is 5.16 Å². The lowest BCUT2D eigenvalue weighted by atomic mass is 9.92. The molecule has 18 heavy (non-hydrogen) atoms. The fourth-order valence-electron chi connectivity index (χ4n) is 2.29. The van der Waals surface area contributed by atoms with Crippen LogP contribution in [0.3, 0.4) is 0 Å². The van der Waals surface area contributed by atoms with E-state index in [0.29, 0.717) is 13.2 Å². The van der Waals surface area contributed by atoms with Gasteiger partial charge in [0.05, 0.1) is 0 Å². The molecule has 0 saturated carbocycles. The molecule has 0 aromatic carbocycles. The van der Waals surface area contributed by atoms with Crippen molar-refractivity contribution in [1.29, 1.82) is 0 Å². The molecule has 1 saturated heterocycles. The van der Waals surface area contributed by atoms with Gasteiger partial charge in [0.15, 0.2) is 5.84 Å². The number of rotatable bonds is 4. The van der Waals surface area contributed by atoms with Crippen LogP contribution in [-0.2, 0) is 9.53 Å². The molecule has 104 valence electrons. The molecule has 3 N–H and O–H groups in total. The standard InChI is InChI=1S/C12H23N3O3/c1-8(2)10(11(13)14-17)12(16)15(3)9-4-6-18-7-5-9/h8-10,17H,4-7H2,1-3H3,(H2,13,14). The molecule has 0 aromatic heterocycles. The van der Waals surface area contributed by atoms with Crippen molar-refractivity contribution >= 4 is 11.7 Å². The maximum atomic E-state index is 12.4. The van der Waals surface area contributed by atoms with E-state index in [4.69, 9.17) is 15.7 Å². The lowest BCUT2D eigenvalue weighted by Crippen LogP contribution is -2.48. The summed E-state index contributed by atoms with van der Waals surface area (Å²) in [7, 11) is 1.78. The van der Waals surface area contributed by atoms with Gasteiger partial charge in [0.1, 0.15) is 5.92 Å². The molecule has 1 heterocycles. The van der Waals surface area contributed by atoms with Crippen LogP contribution >= 0.6 is 0 Å². The third kappa shape index (κ3) is 3.35. The van der Waals surface area contributed by atoms with Crippen molar-refractivity contribution in [2.24, 2.45) is 22.7 Å². The maximum absolute atomic E-state index is 12.4. The highest BCUT2D eigenvalue weighted by molar-refractivity contribution is 6.02. The van der Waals surface area contributed by atoms with Gasteiger partial charge >= 0.3 is 0 Å². The van der Waals surface area contributed by atoms with Crippen LogP contribution in [0.25, 0.3) is 0 Å². The number of nitrogens with zero attached hydrogens (tertiary/aromatic N) is 2. The molecule has 1 unspecified atom stereocenters. The van der Waals surface area contributed by atoms with Crippen LogP contribution in [0.4, 0.5) is 0 Å². The van der Waals surface area contributed by atoms with Gasteiger partial charge < -0.3 is 20.6 Å². The average molecular weight is 257 g/mol. The number of carbonyl (C=O) groups is 1. The number of hydrogen-bond acceptors (Lipinski definition) is 4. The first kappa shape index (κ1) is 14.8. The lowest BCUT2D eigenvalue weighted by Gasteiger charge is -2.34. The summed E-state index contributed by atoms with van der Waals surface area (Å²) < 4.78 is 5.28. The Morgan fingerprint density at radius 2 is 2.00 bits per heavy atom. The van der Waals surface area contributed by atoms with Crippen molar-refractivity contribution in [2.75, 3.05) is 20.3 Å². The summed E-state index contributed by atoms with van der Waals surface area (Å²) in [5.74, 6) is -0.681. The van der Waals surface area contributed by atoms with Gasteiger partial charge in [-0.1, -0.05) is 19.0 Å². The first-order valence-corrected chi connectivity index (χ1v) is 6.30. The Morgan fingerprint density at radius 3 is 2.44 bits per heavy atom. The molecule has 0 aliphatic carbocycles. The first-order chi connectivity index (χ1) is 8.49. The minimum atomic E-state index is -0.567. The van der Waals surface area contributed by atoms with Crippen molar-refractivity contribution < 1.29 is 14.7 Å². The second-order valence-electron chi connectivity index (χ2n) is 5.04. The van der Waals surface area contributed by atoms with Gasteiger partial charge in [-0.2, -0.15) is 0 Å². The smallest absolute Gasteiger partial charge is 0.233 e. The predicted molar refractivity (Wildman–Crippen MR) is 68.3 cm³/mol. The molecule has 6 nitrogen and oxygen atoms in total.